The van der Waals surface area contributed by atoms with Crippen molar-refractivity contribution in [2.75, 3.05) is 0 Å². The molecule has 13 heavy (non-hydrogen) atoms. The Morgan fingerprint density at radius 2 is 2.46 bits per heavy atom. The van der Waals surface area contributed by atoms with E-state index >= 15 is 0 Å². The molecule has 0 radical (unpaired) electrons. The zero-order valence-corrected chi connectivity index (χ0v) is 8.10. The minimum Gasteiger partial charge on any atom is -0.441 e. The number of nitrogens with two attached hydrogens (primary N) is 1. The molecule has 3 nitrogen and oxygen atoms in total. The fourth-order valence-corrected chi connectivity index (χ4v) is 1.76. The summed E-state index contributed by atoms with van der Waals surface area (Å²) in [6.45, 7) is 2.31. The highest BCUT2D eigenvalue weighted by atomic mass is 32.1. The Balaban J connectivity index is 2.43. The van der Waals surface area contributed by atoms with Crippen LogP contribution in [-0.4, -0.2) is 4.98 Å². The molecule has 0 aliphatic rings. The molecule has 2 aromatic rings. The monoisotopic (exact) mass is 194 g/mol. The Bertz CT molecular complexity index is 392. The second-order valence-electron chi connectivity index (χ2n) is 2.74. The summed E-state index contributed by atoms with van der Waals surface area (Å²) in [5.74, 6) is 1.47. The highest BCUT2D eigenvalue weighted by molar-refractivity contribution is 7.08. The van der Waals surface area contributed by atoms with Crippen LogP contribution in [0.4, 0.5) is 0 Å². The number of hydrogen-bond acceptors (Lipinski definition) is 4. The lowest BCUT2D eigenvalue weighted by atomic mass is 10.3. The zero-order valence-electron chi connectivity index (χ0n) is 7.28. The summed E-state index contributed by atoms with van der Waals surface area (Å²) in [6, 6.07) is 1.98. The van der Waals surface area contributed by atoms with Crippen molar-refractivity contribution in [1.29, 1.82) is 0 Å². The van der Waals surface area contributed by atoms with Gasteiger partial charge in [0, 0.05) is 17.5 Å². The first-order valence-electron chi connectivity index (χ1n) is 4.00. The smallest absolute Gasteiger partial charge is 0.227 e. The summed E-state index contributed by atoms with van der Waals surface area (Å²) in [5.41, 5.74) is 7.35. The number of oxazole rings is 1. The quantitative estimate of drug-likeness (QED) is 0.797. The molecule has 0 spiro atoms. The number of thiophene rings is 1. The lowest BCUT2D eigenvalue weighted by molar-refractivity contribution is 0.539. The van der Waals surface area contributed by atoms with Crippen LogP contribution in [0.1, 0.15) is 11.5 Å². The molecule has 0 saturated heterocycles. The Hall–Kier alpha value is -1.13. The summed E-state index contributed by atoms with van der Waals surface area (Å²) >= 11 is 1.63. The van der Waals surface area contributed by atoms with E-state index in [4.69, 9.17) is 10.2 Å². The van der Waals surface area contributed by atoms with Crippen LogP contribution in [0.5, 0.6) is 0 Å². The average molecular weight is 194 g/mol. The fraction of sp³-hybridized carbons (Fsp3) is 0.222. The van der Waals surface area contributed by atoms with Crippen LogP contribution >= 0.6 is 11.3 Å². The van der Waals surface area contributed by atoms with Crippen LogP contribution in [0.2, 0.25) is 0 Å². The Labute approximate surface area is 80.2 Å². The fourth-order valence-electron chi connectivity index (χ4n) is 1.13. The maximum atomic E-state index is 5.50. The van der Waals surface area contributed by atoms with Crippen molar-refractivity contribution in [3.63, 3.8) is 0 Å². The number of hydrogen-bond donors (Lipinski definition) is 1. The number of aryl methyl sites for hydroxylation is 1. The van der Waals surface area contributed by atoms with Gasteiger partial charge in [-0.3, -0.25) is 0 Å². The topological polar surface area (TPSA) is 52.0 Å². The van der Waals surface area contributed by atoms with Crippen molar-refractivity contribution >= 4 is 11.3 Å². The van der Waals surface area contributed by atoms with Crippen LogP contribution in [0.25, 0.3) is 11.5 Å². The van der Waals surface area contributed by atoms with Crippen LogP contribution < -0.4 is 5.73 Å². The molecule has 2 rings (SSSR count). The summed E-state index contributed by atoms with van der Waals surface area (Å²) < 4.78 is 5.47. The molecule has 0 saturated carbocycles. The third-order valence-electron chi connectivity index (χ3n) is 1.85. The molecule has 0 aromatic carbocycles. The molecule has 0 atom stereocenters. The maximum absolute atomic E-state index is 5.50. The van der Waals surface area contributed by atoms with E-state index in [0.29, 0.717) is 12.4 Å². The van der Waals surface area contributed by atoms with E-state index in [1.54, 1.807) is 11.3 Å². The molecule has 0 aliphatic heterocycles. The SMILES string of the molecule is Cc1oc(-c2ccsc2)nc1CN. The summed E-state index contributed by atoms with van der Waals surface area (Å²) in [5, 5.41) is 4.00. The molecule has 4 heteroatoms. The molecule has 0 fully saturated rings. The van der Waals surface area contributed by atoms with Crippen molar-refractivity contribution < 1.29 is 4.42 Å². The highest BCUT2D eigenvalue weighted by Gasteiger charge is 2.09. The molecule has 0 amide bonds. The molecule has 0 bridgehead atoms. The van der Waals surface area contributed by atoms with E-state index in [2.05, 4.69) is 4.98 Å². The van der Waals surface area contributed by atoms with Gasteiger partial charge in [-0.05, 0) is 18.4 Å². The van der Waals surface area contributed by atoms with Crippen molar-refractivity contribution in [3.05, 3.63) is 28.3 Å². The van der Waals surface area contributed by atoms with E-state index in [1.165, 1.54) is 0 Å². The van der Waals surface area contributed by atoms with Crippen LogP contribution in [0, 0.1) is 6.92 Å². The predicted molar refractivity (Wildman–Crippen MR) is 52.4 cm³/mol. The maximum Gasteiger partial charge on any atom is 0.227 e. The molecular formula is C9H10N2OS. The van der Waals surface area contributed by atoms with Crippen molar-refractivity contribution in [2.24, 2.45) is 5.73 Å². The van der Waals surface area contributed by atoms with Gasteiger partial charge in [-0.2, -0.15) is 11.3 Å². The molecule has 0 aliphatic carbocycles. The third kappa shape index (κ3) is 1.50. The zero-order chi connectivity index (χ0) is 9.26. The van der Waals surface area contributed by atoms with Gasteiger partial charge in [0.15, 0.2) is 0 Å². The van der Waals surface area contributed by atoms with Crippen LogP contribution in [-0.2, 0) is 6.54 Å². The predicted octanol–water partition coefficient (Wildman–Crippen LogP) is 2.17. The van der Waals surface area contributed by atoms with Gasteiger partial charge in [0.25, 0.3) is 0 Å². The Morgan fingerprint density at radius 3 is 3.00 bits per heavy atom. The van der Waals surface area contributed by atoms with Crippen LogP contribution in [0.3, 0.4) is 0 Å². The van der Waals surface area contributed by atoms with Gasteiger partial charge in [0.2, 0.25) is 5.89 Å². The Kier molecular flexibility index (Phi) is 2.16. The molecule has 2 aromatic heterocycles. The van der Waals surface area contributed by atoms with Gasteiger partial charge in [0.05, 0.1) is 5.69 Å². The minimum absolute atomic E-state index is 0.430. The highest BCUT2D eigenvalue weighted by Crippen LogP contribution is 2.23. The molecule has 2 heterocycles. The van der Waals surface area contributed by atoms with E-state index in [1.807, 2.05) is 23.8 Å². The molecular weight excluding hydrogens is 184 g/mol. The van der Waals surface area contributed by atoms with Crippen molar-refractivity contribution in [2.45, 2.75) is 13.5 Å². The standard InChI is InChI=1S/C9H10N2OS/c1-6-8(4-10)11-9(12-6)7-2-3-13-5-7/h2-3,5H,4,10H2,1H3. The minimum atomic E-state index is 0.430. The summed E-state index contributed by atoms with van der Waals surface area (Å²) in [6.07, 6.45) is 0. The normalized spacial score (nSPS) is 10.6. The third-order valence-corrected chi connectivity index (χ3v) is 2.54. The van der Waals surface area contributed by atoms with Gasteiger partial charge < -0.3 is 10.2 Å². The first-order valence-corrected chi connectivity index (χ1v) is 4.94. The van der Waals surface area contributed by atoms with Gasteiger partial charge in [-0.15, -0.1) is 0 Å². The lowest BCUT2D eigenvalue weighted by Crippen LogP contribution is -1.97. The summed E-state index contributed by atoms with van der Waals surface area (Å²) in [4.78, 5) is 4.29. The van der Waals surface area contributed by atoms with Crippen LogP contribution in [0.15, 0.2) is 21.2 Å². The van der Waals surface area contributed by atoms with E-state index in [0.717, 1.165) is 17.0 Å². The second-order valence-corrected chi connectivity index (χ2v) is 3.52. The summed E-state index contributed by atoms with van der Waals surface area (Å²) in [7, 11) is 0. The van der Waals surface area contributed by atoms with E-state index < -0.39 is 0 Å². The van der Waals surface area contributed by atoms with E-state index in [9.17, 15) is 0 Å². The largest absolute Gasteiger partial charge is 0.441 e. The van der Waals surface area contributed by atoms with Gasteiger partial charge in [-0.25, -0.2) is 4.98 Å². The van der Waals surface area contributed by atoms with Gasteiger partial charge in [0.1, 0.15) is 5.76 Å². The van der Waals surface area contributed by atoms with Crippen molar-refractivity contribution in [1.82, 2.24) is 4.98 Å². The first-order chi connectivity index (χ1) is 6.31. The van der Waals surface area contributed by atoms with Gasteiger partial charge >= 0.3 is 0 Å². The number of rotatable bonds is 2. The first kappa shape index (κ1) is 8.47. The van der Waals surface area contributed by atoms with Crippen molar-refractivity contribution in [3.8, 4) is 11.5 Å². The van der Waals surface area contributed by atoms with Gasteiger partial charge in [-0.1, -0.05) is 0 Å². The molecule has 0 unspecified atom stereocenters. The number of nitrogens with zero attached hydrogens (tertiary/aromatic N) is 1. The van der Waals surface area contributed by atoms with E-state index in [-0.39, 0.29) is 0 Å². The second kappa shape index (κ2) is 3.32. The Morgan fingerprint density at radius 1 is 1.62 bits per heavy atom. The number of aromatic nitrogens is 1. The lowest BCUT2D eigenvalue weighted by Gasteiger charge is -1.85. The molecule has 68 valence electrons. The molecule has 2 N–H and O–H groups in total. The average Bonchev–Trinajstić information content (AvgIpc) is 2.71.